The Bertz CT molecular complexity index is 925. The van der Waals surface area contributed by atoms with Crippen molar-refractivity contribution in [2.24, 2.45) is 0 Å². The van der Waals surface area contributed by atoms with Gasteiger partial charge in [0.05, 0.1) is 11.4 Å². The van der Waals surface area contributed by atoms with Gasteiger partial charge in [-0.2, -0.15) is 0 Å². The van der Waals surface area contributed by atoms with Gasteiger partial charge in [-0.3, -0.25) is 9.97 Å². The summed E-state index contributed by atoms with van der Waals surface area (Å²) in [5.74, 6) is 0. The quantitative estimate of drug-likeness (QED) is 0.117. The topological polar surface area (TPSA) is 44.2 Å². The van der Waals surface area contributed by atoms with Gasteiger partial charge in [-0.1, -0.05) is 95.2 Å². The second-order valence-electron chi connectivity index (χ2n) is 14.3. The summed E-state index contributed by atoms with van der Waals surface area (Å²) in [5, 5.41) is 0. The molecule has 0 aliphatic rings. The molecule has 0 saturated carbocycles. The summed E-state index contributed by atoms with van der Waals surface area (Å²) in [4.78, 5) is 9.69. The van der Waals surface area contributed by atoms with Gasteiger partial charge in [0.2, 0.25) is 0 Å². The average Bonchev–Trinajstić information content (AvgIpc) is 2.92. The zero-order chi connectivity index (χ0) is 31.5. The smallest absolute Gasteiger partial charge is 0.200 e. The van der Waals surface area contributed by atoms with Gasteiger partial charge in [-0.05, 0) is 95.0 Å². The van der Waals surface area contributed by atoms with Gasteiger partial charge in [-0.15, -0.1) is 0 Å². The summed E-state index contributed by atoms with van der Waals surface area (Å²) in [6, 6.07) is 8.60. The molecule has 4 nitrogen and oxygen atoms in total. The number of aromatic nitrogens is 2. The van der Waals surface area contributed by atoms with Crippen LogP contribution < -0.4 is 0 Å². The Morgan fingerprint density at radius 1 is 0.500 bits per heavy atom. The fraction of sp³-hybridized carbons (Fsp3) is 0.722. The SMILES string of the molecule is CC(C)[Si](OCCCCc1cccnc1-c1ncccc1CCCCO[Si](C(C)C)(C(C)C)C(C)C)(C(C)C)C(C)C. The van der Waals surface area contributed by atoms with Crippen molar-refractivity contribution in [1.29, 1.82) is 0 Å². The Morgan fingerprint density at radius 2 is 0.810 bits per heavy atom. The minimum atomic E-state index is -1.80. The second-order valence-corrected chi connectivity index (χ2v) is 25.2. The van der Waals surface area contributed by atoms with Gasteiger partial charge in [0, 0.05) is 25.6 Å². The molecule has 2 rings (SSSR count). The lowest BCUT2D eigenvalue weighted by atomic mass is 9.99. The van der Waals surface area contributed by atoms with E-state index in [1.807, 2.05) is 12.4 Å². The summed E-state index contributed by atoms with van der Waals surface area (Å²) in [6.45, 7) is 30.1. The Kier molecular flexibility index (Phi) is 15.1. The van der Waals surface area contributed by atoms with Gasteiger partial charge in [-0.25, -0.2) is 0 Å². The number of pyridine rings is 2. The Balaban J connectivity index is 2.02. The van der Waals surface area contributed by atoms with E-state index in [-0.39, 0.29) is 0 Å². The van der Waals surface area contributed by atoms with E-state index >= 15 is 0 Å². The molecular formula is C36H64N2O2Si2. The number of rotatable bonds is 19. The van der Waals surface area contributed by atoms with E-state index in [1.165, 1.54) is 11.1 Å². The van der Waals surface area contributed by atoms with Crippen LogP contribution in [0.25, 0.3) is 11.4 Å². The third-order valence-electron chi connectivity index (χ3n) is 9.81. The minimum absolute atomic E-state index is 0.627. The minimum Gasteiger partial charge on any atom is -0.416 e. The lowest BCUT2D eigenvalue weighted by Gasteiger charge is -2.42. The van der Waals surface area contributed by atoms with Crippen LogP contribution in [0.15, 0.2) is 36.7 Å². The van der Waals surface area contributed by atoms with E-state index < -0.39 is 16.6 Å². The molecule has 0 amide bonds. The highest BCUT2D eigenvalue weighted by Gasteiger charge is 2.45. The van der Waals surface area contributed by atoms with Gasteiger partial charge in [0.25, 0.3) is 0 Å². The molecular weight excluding hydrogens is 549 g/mol. The van der Waals surface area contributed by atoms with Crippen molar-refractivity contribution in [3.63, 3.8) is 0 Å². The van der Waals surface area contributed by atoms with Crippen LogP contribution >= 0.6 is 0 Å². The van der Waals surface area contributed by atoms with Crippen LogP contribution in [0.4, 0.5) is 0 Å². The van der Waals surface area contributed by atoms with E-state index in [0.29, 0.717) is 33.2 Å². The third-order valence-corrected chi connectivity index (χ3v) is 22.0. The van der Waals surface area contributed by atoms with Crippen LogP contribution in [-0.4, -0.2) is 39.8 Å². The highest BCUT2D eigenvalue weighted by atomic mass is 28.4. The van der Waals surface area contributed by atoms with Gasteiger partial charge < -0.3 is 8.85 Å². The maximum atomic E-state index is 6.81. The third kappa shape index (κ3) is 8.86. The number of hydrogen-bond acceptors (Lipinski definition) is 4. The molecule has 0 unspecified atom stereocenters. The van der Waals surface area contributed by atoms with E-state index in [4.69, 9.17) is 18.8 Å². The standard InChI is InChI=1S/C36H64N2O2Si2/c1-27(2)41(28(3)4,29(5)6)39-25-15-13-19-33-21-17-23-37-35(33)36-34(22-18-24-38-36)20-14-16-26-40-42(30(7)8,31(9)10)32(11)12/h17-18,21-24,27-32H,13-16,19-20,25-26H2,1-12H3. The Hall–Kier alpha value is -1.35. The van der Waals surface area contributed by atoms with E-state index in [2.05, 4.69) is 107 Å². The maximum Gasteiger partial charge on any atom is 0.200 e. The molecule has 0 aromatic carbocycles. The first-order chi connectivity index (χ1) is 19.8. The van der Waals surface area contributed by atoms with Crippen LogP contribution in [0.2, 0.25) is 33.2 Å². The zero-order valence-corrected chi connectivity index (χ0v) is 31.3. The fourth-order valence-corrected chi connectivity index (χ4v) is 19.0. The van der Waals surface area contributed by atoms with Gasteiger partial charge >= 0.3 is 0 Å². The number of aryl methyl sites for hydroxylation is 2. The van der Waals surface area contributed by atoms with Crippen molar-refractivity contribution < 1.29 is 8.85 Å². The summed E-state index contributed by atoms with van der Waals surface area (Å²) < 4.78 is 13.6. The van der Waals surface area contributed by atoms with Gasteiger partial charge in [0.15, 0.2) is 16.6 Å². The number of hydrogen-bond donors (Lipinski definition) is 0. The van der Waals surface area contributed by atoms with Crippen LogP contribution in [-0.2, 0) is 21.7 Å². The molecule has 0 saturated heterocycles. The van der Waals surface area contributed by atoms with E-state index in [0.717, 1.165) is 63.1 Å². The second kappa shape index (κ2) is 17.2. The van der Waals surface area contributed by atoms with Crippen molar-refractivity contribution in [3.8, 4) is 11.4 Å². The molecule has 0 radical (unpaired) electrons. The molecule has 0 aliphatic carbocycles. The maximum absolute atomic E-state index is 6.81. The van der Waals surface area contributed by atoms with Crippen molar-refractivity contribution in [2.45, 2.75) is 155 Å². The molecule has 0 aliphatic heterocycles. The Morgan fingerprint density at radius 3 is 1.10 bits per heavy atom. The van der Waals surface area contributed by atoms with Crippen molar-refractivity contribution in [2.75, 3.05) is 13.2 Å². The first-order valence-electron chi connectivity index (χ1n) is 17.0. The number of nitrogens with zero attached hydrogens (tertiary/aromatic N) is 2. The fourth-order valence-electron chi connectivity index (χ4n) is 8.04. The Labute approximate surface area is 262 Å². The van der Waals surface area contributed by atoms with Crippen LogP contribution in [0.5, 0.6) is 0 Å². The first kappa shape index (κ1) is 36.8. The summed E-state index contributed by atoms with van der Waals surface area (Å²) in [7, 11) is -3.61. The summed E-state index contributed by atoms with van der Waals surface area (Å²) >= 11 is 0. The van der Waals surface area contributed by atoms with Crippen LogP contribution in [0, 0.1) is 0 Å². The normalized spacial score (nSPS) is 13.1. The van der Waals surface area contributed by atoms with E-state index in [1.54, 1.807) is 0 Å². The predicted octanol–water partition coefficient (Wildman–Crippen LogP) is 11.2. The van der Waals surface area contributed by atoms with Crippen molar-refractivity contribution in [1.82, 2.24) is 9.97 Å². The molecule has 2 aromatic rings. The van der Waals surface area contributed by atoms with Gasteiger partial charge in [0.1, 0.15) is 0 Å². The lowest BCUT2D eigenvalue weighted by molar-refractivity contribution is 0.269. The molecule has 0 fully saturated rings. The predicted molar refractivity (Wildman–Crippen MR) is 187 cm³/mol. The van der Waals surface area contributed by atoms with Crippen molar-refractivity contribution >= 4 is 16.6 Å². The first-order valence-corrected chi connectivity index (χ1v) is 21.3. The summed E-state index contributed by atoms with van der Waals surface area (Å²) in [5.41, 5.74) is 8.44. The molecule has 0 N–H and O–H groups in total. The van der Waals surface area contributed by atoms with Crippen LogP contribution in [0.3, 0.4) is 0 Å². The lowest BCUT2D eigenvalue weighted by Crippen LogP contribution is -2.47. The molecule has 6 heteroatoms. The molecule has 0 atom stereocenters. The van der Waals surface area contributed by atoms with Crippen molar-refractivity contribution in [3.05, 3.63) is 47.8 Å². The highest BCUT2D eigenvalue weighted by Crippen LogP contribution is 2.43. The monoisotopic (exact) mass is 612 g/mol. The molecule has 2 aromatic heterocycles. The van der Waals surface area contributed by atoms with Crippen LogP contribution in [0.1, 0.15) is 120 Å². The average molecular weight is 613 g/mol. The highest BCUT2D eigenvalue weighted by molar-refractivity contribution is 6.78. The summed E-state index contributed by atoms with van der Waals surface area (Å²) in [6.07, 6.45) is 10.2. The molecule has 2 heterocycles. The molecule has 0 spiro atoms. The molecule has 42 heavy (non-hydrogen) atoms. The number of unbranched alkanes of at least 4 members (excludes halogenated alkanes) is 2. The van der Waals surface area contributed by atoms with E-state index in [9.17, 15) is 0 Å². The molecule has 0 bridgehead atoms. The molecule has 238 valence electrons. The zero-order valence-electron chi connectivity index (χ0n) is 29.3. The largest absolute Gasteiger partial charge is 0.416 e.